The number of rotatable bonds is 5. The van der Waals surface area contributed by atoms with Gasteiger partial charge in [-0.2, -0.15) is 0 Å². The van der Waals surface area contributed by atoms with Crippen LogP contribution < -0.4 is 0 Å². The van der Waals surface area contributed by atoms with Crippen LogP contribution in [0.4, 0.5) is 5.69 Å². The number of aliphatic hydroxyl groups is 1. The van der Waals surface area contributed by atoms with Crippen LogP contribution >= 0.6 is 0 Å². The zero-order valence-corrected chi connectivity index (χ0v) is 11.0. The topological polar surface area (TPSA) is 66.6 Å². The van der Waals surface area contributed by atoms with Gasteiger partial charge >= 0.3 is 0 Å². The second-order valence-corrected chi connectivity index (χ2v) is 5.06. The van der Waals surface area contributed by atoms with E-state index >= 15 is 0 Å². The van der Waals surface area contributed by atoms with Crippen molar-refractivity contribution in [2.45, 2.75) is 38.3 Å². The molecule has 1 aliphatic rings. The molecule has 0 amide bonds. The molecule has 0 spiro atoms. The number of non-ortho nitro benzene ring substituents is 1. The van der Waals surface area contributed by atoms with Crippen LogP contribution in [0.3, 0.4) is 0 Å². The molecule has 5 nitrogen and oxygen atoms in total. The summed E-state index contributed by atoms with van der Waals surface area (Å²) in [5, 5.41) is 19.9. The highest BCUT2D eigenvalue weighted by Gasteiger charge is 2.22. The van der Waals surface area contributed by atoms with Gasteiger partial charge in [0.2, 0.25) is 0 Å². The Bertz CT molecular complexity index is 434. The van der Waals surface area contributed by atoms with E-state index in [1.165, 1.54) is 12.5 Å². The lowest BCUT2D eigenvalue weighted by Gasteiger charge is -2.35. The molecule has 1 saturated heterocycles. The third-order valence-electron chi connectivity index (χ3n) is 3.72. The largest absolute Gasteiger partial charge is 0.396 e. The highest BCUT2D eigenvalue weighted by Crippen LogP contribution is 2.23. The highest BCUT2D eigenvalue weighted by atomic mass is 16.6. The van der Waals surface area contributed by atoms with E-state index in [2.05, 4.69) is 4.90 Å². The number of piperidine rings is 1. The van der Waals surface area contributed by atoms with Gasteiger partial charge in [0.05, 0.1) is 4.92 Å². The molecule has 1 aromatic rings. The summed E-state index contributed by atoms with van der Waals surface area (Å²) in [5.74, 6) is 0. The fraction of sp³-hybridized carbons (Fsp3) is 0.571. The van der Waals surface area contributed by atoms with E-state index < -0.39 is 0 Å². The number of hydrogen-bond donors (Lipinski definition) is 1. The first-order chi connectivity index (χ1) is 9.20. The van der Waals surface area contributed by atoms with E-state index in [1.54, 1.807) is 12.1 Å². The summed E-state index contributed by atoms with van der Waals surface area (Å²) < 4.78 is 0. The summed E-state index contributed by atoms with van der Waals surface area (Å²) in [6, 6.07) is 7.23. The van der Waals surface area contributed by atoms with Gasteiger partial charge in [-0.15, -0.1) is 0 Å². The van der Waals surface area contributed by atoms with Crippen molar-refractivity contribution >= 4 is 5.69 Å². The number of nitro benzene ring substituents is 1. The average Bonchev–Trinajstić information content (AvgIpc) is 2.41. The maximum atomic E-state index is 10.8. The van der Waals surface area contributed by atoms with Crippen LogP contribution in [0.1, 0.15) is 31.2 Å². The monoisotopic (exact) mass is 264 g/mol. The molecule has 1 atom stereocenters. The molecule has 1 aromatic carbocycles. The van der Waals surface area contributed by atoms with Crippen molar-refractivity contribution in [3.63, 3.8) is 0 Å². The molecule has 1 aliphatic heterocycles. The molecule has 0 bridgehead atoms. The summed E-state index contributed by atoms with van der Waals surface area (Å²) in [4.78, 5) is 12.7. The molecule has 0 saturated carbocycles. The molecule has 0 unspecified atom stereocenters. The quantitative estimate of drug-likeness (QED) is 0.654. The Kier molecular flexibility index (Phi) is 4.87. The van der Waals surface area contributed by atoms with Crippen molar-refractivity contribution in [3.8, 4) is 0 Å². The molecule has 5 heteroatoms. The van der Waals surface area contributed by atoms with E-state index in [4.69, 9.17) is 5.11 Å². The molecule has 1 N–H and O–H groups in total. The number of nitro groups is 1. The van der Waals surface area contributed by atoms with Crippen molar-refractivity contribution in [2.24, 2.45) is 0 Å². The van der Waals surface area contributed by atoms with Crippen molar-refractivity contribution in [1.82, 2.24) is 4.90 Å². The minimum Gasteiger partial charge on any atom is -0.396 e. The van der Waals surface area contributed by atoms with Crippen molar-refractivity contribution < 1.29 is 10.0 Å². The molecule has 0 aromatic heterocycles. The van der Waals surface area contributed by atoms with Gasteiger partial charge in [-0.05, 0) is 31.4 Å². The molecule has 104 valence electrons. The number of aliphatic hydroxyl groups excluding tert-OH is 1. The molecule has 1 heterocycles. The summed E-state index contributed by atoms with van der Waals surface area (Å²) >= 11 is 0. The Morgan fingerprint density at radius 2 is 2.26 bits per heavy atom. The second-order valence-electron chi connectivity index (χ2n) is 5.06. The fourth-order valence-electron chi connectivity index (χ4n) is 2.75. The van der Waals surface area contributed by atoms with Gasteiger partial charge in [0.1, 0.15) is 0 Å². The van der Waals surface area contributed by atoms with E-state index in [-0.39, 0.29) is 17.2 Å². The van der Waals surface area contributed by atoms with Crippen LogP contribution in [0.25, 0.3) is 0 Å². The molecule has 0 radical (unpaired) electrons. The lowest BCUT2D eigenvalue weighted by atomic mass is 9.99. The minimum absolute atomic E-state index is 0.146. The van der Waals surface area contributed by atoms with Gasteiger partial charge in [0, 0.05) is 31.3 Å². The Hall–Kier alpha value is -1.46. The van der Waals surface area contributed by atoms with Crippen LogP contribution in [0.15, 0.2) is 24.3 Å². The number of hydrogen-bond acceptors (Lipinski definition) is 4. The van der Waals surface area contributed by atoms with Crippen LogP contribution in [-0.4, -0.2) is 34.1 Å². The first-order valence-corrected chi connectivity index (χ1v) is 6.79. The van der Waals surface area contributed by atoms with Gasteiger partial charge in [0.25, 0.3) is 5.69 Å². The molecule has 2 rings (SSSR count). The van der Waals surface area contributed by atoms with Crippen LogP contribution in [-0.2, 0) is 6.54 Å². The Morgan fingerprint density at radius 3 is 3.00 bits per heavy atom. The van der Waals surface area contributed by atoms with Crippen molar-refractivity contribution in [1.29, 1.82) is 0 Å². The molecular weight excluding hydrogens is 244 g/mol. The smallest absolute Gasteiger partial charge is 0.269 e. The lowest BCUT2D eigenvalue weighted by molar-refractivity contribution is -0.384. The van der Waals surface area contributed by atoms with Crippen LogP contribution in [0.2, 0.25) is 0 Å². The van der Waals surface area contributed by atoms with Gasteiger partial charge in [-0.3, -0.25) is 15.0 Å². The SMILES string of the molecule is O=[N+]([O-])c1cccc(CN2CCCC[C@@H]2CCO)c1. The summed E-state index contributed by atoms with van der Waals surface area (Å²) in [5.41, 5.74) is 1.12. The van der Waals surface area contributed by atoms with Crippen molar-refractivity contribution in [3.05, 3.63) is 39.9 Å². The van der Waals surface area contributed by atoms with E-state index in [0.29, 0.717) is 6.04 Å². The summed E-state index contributed by atoms with van der Waals surface area (Å²) in [6.45, 7) is 1.94. The molecule has 1 fully saturated rings. The molecular formula is C14H20N2O3. The standard InChI is InChI=1S/C14H20N2O3/c17-9-7-13-5-1-2-8-15(13)11-12-4-3-6-14(10-12)16(18)19/h3-4,6,10,13,17H,1-2,5,7-9,11H2/t13-/m1/s1. The summed E-state index contributed by atoms with van der Waals surface area (Å²) in [7, 11) is 0. The normalized spacial score (nSPS) is 20.4. The highest BCUT2D eigenvalue weighted by molar-refractivity contribution is 5.34. The summed E-state index contributed by atoms with van der Waals surface area (Å²) in [6.07, 6.45) is 4.26. The predicted octanol–water partition coefficient (Wildman–Crippen LogP) is 2.33. The average molecular weight is 264 g/mol. The number of benzene rings is 1. The first kappa shape index (κ1) is 14.0. The minimum atomic E-state index is -0.356. The Morgan fingerprint density at radius 1 is 1.42 bits per heavy atom. The zero-order valence-electron chi connectivity index (χ0n) is 11.0. The zero-order chi connectivity index (χ0) is 13.7. The Balaban J connectivity index is 2.06. The first-order valence-electron chi connectivity index (χ1n) is 6.79. The maximum absolute atomic E-state index is 10.8. The lowest BCUT2D eigenvalue weighted by Crippen LogP contribution is -2.39. The van der Waals surface area contributed by atoms with Crippen LogP contribution in [0.5, 0.6) is 0 Å². The predicted molar refractivity (Wildman–Crippen MR) is 72.8 cm³/mol. The number of likely N-dealkylation sites (tertiary alicyclic amines) is 1. The van der Waals surface area contributed by atoms with Crippen LogP contribution in [0, 0.1) is 10.1 Å². The Labute approximate surface area is 113 Å². The third-order valence-corrected chi connectivity index (χ3v) is 3.72. The van der Waals surface area contributed by atoms with Gasteiger partial charge in [-0.25, -0.2) is 0 Å². The van der Waals surface area contributed by atoms with E-state index in [9.17, 15) is 10.1 Å². The van der Waals surface area contributed by atoms with Gasteiger partial charge < -0.3 is 5.11 Å². The second kappa shape index (κ2) is 6.63. The van der Waals surface area contributed by atoms with Gasteiger partial charge in [0.15, 0.2) is 0 Å². The fourth-order valence-corrected chi connectivity index (χ4v) is 2.75. The van der Waals surface area contributed by atoms with E-state index in [0.717, 1.165) is 37.9 Å². The van der Waals surface area contributed by atoms with Crippen molar-refractivity contribution in [2.75, 3.05) is 13.2 Å². The third kappa shape index (κ3) is 3.75. The van der Waals surface area contributed by atoms with Gasteiger partial charge in [-0.1, -0.05) is 18.6 Å². The van der Waals surface area contributed by atoms with E-state index in [1.807, 2.05) is 6.07 Å². The number of nitrogens with zero attached hydrogens (tertiary/aromatic N) is 2. The molecule has 19 heavy (non-hydrogen) atoms. The molecule has 0 aliphatic carbocycles. The maximum Gasteiger partial charge on any atom is 0.269 e.